The molecule has 0 radical (unpaired) electrons. The zero-order chi connectivity index (χ0) is 13.9. The van der Waals surface area contributed by atoms with Crippen LogP contribution in [-0.4, -0.2) is 6.66 Å². The van der Waals surface area contributed by atoms with Gasteiger partial charge in [-0.2, -0.15) is 0 Å². The summed E-state index contributed by atoms with van der Waals surface area (Å²) < 4.78 is 18.7. The molecule has 0 fully saturated rings. The average Bonchev–Trinajstić information content (AvgIpc) is 2.31. The fraction of sp³-hybridized carbons (Fsp3) is 0.0769. The molecule has 0 spiro atoms. The van der Waals surface area contributed by atoms with Crippen molar-refractivity contribution < 1.29 is 9.09 Å². The SMILES string of the molecule is CP(=O)(Nc1cccc(Br)c1)Oc1ccc(Cl)cc1. The van der Waals surface area contributed by atoms with Gasteiger partial charge in [-0.25, -0.2) is 0 Å². The highest BCUT2D eigenvalue weighted by molar-refractivity contribution is 9.10. The van der Waals surface area contributed by atoms with Crippen LogP contribution in [0.25, 0.3) is 0 Å². The summed E-state index contributed by atoms with van der Waals surface area (Å²) in [5.74, 6) is 0.512. The Morgan fingerprint density at radius 1 is 1.21 bits per heavy atom. The van der Waals surface area contributed by atoms with Gasteiger partial charge in [0.15, 0.2) is 0 Å². The highest BCUT2D eigenvalue weighted by Gasteiger charge is 2.17. The molecular weight excluding hydrogens is 348 g/mol. The topological polar surface area (TPSA) is 38.3 Å². The van der Waals surface area contributed by atoms with Gasteiger partial charge in [-0.1, -0.05) is 33.6 Å². The van der Waals surface area contributed by atoms with E-state index < -0.39 is 7.52 Å². The molecule has 0 aliphatic rings. The molecule has 0 heterocycles. The Hall–Kier alpha value is -0.960. The number of rotatable bonds is 4. The maximum absolute atomic E-state index is 12.4. The second kappa shape index (κ2) is 6.00. The molecule has 1 N–H and O–H groups in total. The lowest BCUT2D eigenvalue weighted by atomic mass is 10.3. The van der Waals surface area contributed by atoms with Crippen LogP contribution >= 0.6 is 35.1 Å². The van der Waals surface area contributed by atoms with Gasteiger partial charge in [-0.15, -0.1) is 0 Å². The van der Waals surface area contributed by atoms with E-state index in [2.05, 4.69) is 21.0 Å². The minimum atomic E-state index is -2.99. The zero-order valence-corrected chi connectivity index (χ0v) is 13.4. The largest absolute Gasteiger partial charge is 0.429 e. The maximum atomic E-state index is 12.4. The van der Waals surface area contributed by atoms with Crippen molar-refractivity contribution >= 4 is 40.7 Å². The summed E-state index contributed by atoms with van der Waals surface area (Å²) in [5, 5.41) is 3.50. The minimum Gasteiger partial charge on any atom is -0.429 e. The zero-order valence-electron chi connectivity index (χ0n) is 10.1. The van der Waals surface area contributed by atoms with Gasteiger partial charge < -0.3 is 9.61 Å². The summed E-state index contributed by atoms with van der Waals surface area (Å²) >= 11 is 9.14. The van der Waals surface area contributed by atoms with Crippen LogP contribution in [0.3, 0.4) is 0 Å². The number of benzene rings is 2. The molecule has 0 aliphatic carbocycles. The Morgan fingerprint density at radius 2 is 1.89 bits per heavy atom. The van der Waals surface area contributed by atoms with Crippen molar-refractivity contribution in [3.8, 4) is 5.75 Å². The first-order chi connectivity index (χ1) is 8.94. The van der Waals surface area contributed by atoms with Crippen LogP contribution in [0.1, 0.15) is 0 Å². The molecule has 0 bridgehead atoms. The van der Waals surface area contributed by atoms with Crippen molar-refractivity contribution in [3.63, 3.8) is 0 Å². The van der Waals surface area contributed by atoms with Crippen LogP contribution in [-0.2, 0) is 4.57 Å². The fourth-order valence-electron chi connectivity index (χ4n) is 1.51. The smallest absolute Gasteiger partial charge is 0.338 e. The summed E-state index contributed by atoms with van der Waals surface area (Å²) in [6.45, 7) is 1.53. The van der Waals surface area contributed by atoms with Gasteiger partial charge in [0.2, 0.25) is 0 Å². The van der Waals surface area contributed by atoms with E-state index in [1.807, 2.05) is 24.3 Å². The van der Waals surface area contributed by atoms with Gasteiger partial charge in [0.25, 0.3) is 0 Å². The Labute approximate surface area is 125 Å². The first-order valence-electron chi connectivity index (χ1n) is 5.51. The molecule has 0 aliphatic heterocycles. The quantitative estimate of drug-likeness (QED) is 0.740. The summed E-state index contributed by atoms with van der Waals surface area (Å²) in [5.41, 5.74) is 0.731. The lowest BCUT2D eigenvalue weighted by molar-refractivity contribution is 0.493. The number of hydrogen-bond acceptors (Lipinski definition) is 2. The molecule has 2 aromatic rings. The van der Waals surface area contributed by atoms with Crippen LogP contribution in [0.5, 0.6) is 5.75 Å². The maximum Gasteiger partial charge on any atom is 0.338 e. The normalized spacial score (nSPS) is 13.6. The molecule has 2 aromatic carbocycles. The summed E-state index contributed by atoms with van der Waals surface area (Å²) in [4.78, 5) is 0. The van der Waals surface area contributed by atoms with E-state index in [-0.39, 0.29) is 0 Å². The number of nitrogens with one attached hydrogen (secondary N) is 1. The molecule has 1 atom stereocenters. The number of anilines is 1. The highest BCUT2D eigenvalue weighted by atomic mass is 79.9. The van der Waals surface area contributed by atoms with Crippen molar-refractivity contribution in [1.82, 2.24) is 0 Å². The van der Waals surface area contributed by atoms with Crippen LogP contribution in [0.2, 0.25) is 5.02 Å². The van der Waals surface area contributed by atoms with E-state index >= 15 is 0 Å². The number of hydrogen-bond donors (Lipinski definition) is 1. The lowest BCUT2D eigenvalue weighted by Crippen LogP contribution is -2.02. The second-order valence-electron chi connectivity index (χ2n) is 4.01. The summed E-state index contributed by atoms with van der Waals surface area (Å²) in [6, 6.07) is 14.2. The molecule has 19 heavy (non-hydrogen) atoms. The molecule has 0 aromatic heterocycles. The van der Waals surface area contributed by atoms with Crippen molar-refractivity contribution in [3.05, 3.63) is 58.0 Å². The monoisotopic (exact) mass is 359 g/mol. The van der Waals surface area contributed by atoms with Crippen LogP contribution in [0.4, 0.5) is 5.69 Å². The van der Waals surface area contributed by atoms with Crippen molar-refractivity contribution in [2.45, 2.75) is 0 Å². The molecule has 3 nitrogen and oxygen atoms in total. The fourth-order valence-corrected chi connectivity index (χ4v) is 3.21. The molecule has 0 amide bonds. The van der Waals surface area contributed by atoms with Gasteiger partial charge in [0, 0.05) is 21.8 Å². The van der Waals surface area contributed by atoms with E-state index in [1.54, 1.807) is 24.3 Å². The van der Waals surface area contributed by atoms with Gasteiger partial charge in [-0.3, -0.25) is 4.57 Å². The lowest BCUT2D eigenvalue weighted by Gasteiger charge is -2.17. The van der Waals surface area contributed by atoms with Gasteiger partial charge in [0.1, 0.15) is 5.75 Å². The minimum absolute atomic E-state index is 0.512. The average molecular weight is 361 g/mol. The van der Waals surface area contributed by atoms with Crippen molar-refractivity contribution in [2.24, 2.45) is 0 Å². The van der Waals surface area contributed by atoms with E-state index in [0.29, 0.717) is 10.8 Å². The Morgan fingerprint density at radius 3 is 2.53 bits per heavy atom. The summed E-state index contributed by atoms with van der Waals surface area (Å²) in [7, 11) is -2.99. The third-order valence-electron chi connectivity index (χ3n) is 2.25. The molecule has 0 saturated carbocycles. The van der Waals surface area contributed by atoms with Gasteiger partial charge in [0.05, 0.1) is 0 Å². The van der Waals surface area contributed by atoms with E-state index in [1.165, 1.54) is 6.66 Å². The Balaban J connectivity index is 2.10. The molecule has 100 valence electrons. The predicted molar refractivity (Wildman–Crippen MR) is 83.4 cm³/mol. The Kier molecular flexibility index (Phi) is 4.56. The predicted octanol–water partition coefficient (Wildman–Crippen LogP) is 5.42. The van der Waals surface area contributed by atoms with Crippen molar-refractivity contribution in [2.75, 3.05) is 11.8 Å². The molecule has 6 heteroatoms. The van der Waals surface area contributed by atoms with E-state index in [0.717, 1.165) is 10.2 Å². The van der Waals surface area contributed by atoms with Gasteiger partial charge in [-0.05, 0) is 42.5 Å². The standard InChI is InChI=1S/C13H12BrClNO2P/c1-19(17,16-12-4-2-3-10(14)9-12)18-13-7-5-11(15)6-8-13/h2-9H,1H3,(H,16,17). The number of halogens is 2. The third-order valence-corrected chi connectivity index (χ3v) is 4.22. The van der Waals surface area contributed by atoms with Crippen LogP contribution < -0.4 is 9.61 Å². The molecule has 2 rings (SSSR count). The molecule has 0 saturated heterocycles. The van der Waals surface area contributed by atoms with E-state index in [9.17, 15) is 4.57 Å². The highest BCUT2D eigenvalue weighted by Crippen LogP contribution is 2.43. The van der Waals surface area contributed by atoms with E-state index in [4.69, 9.17) is 16.1 Å². The Bertz CT molecular complexity index is 618. The molecule has 1 unspecified atom stereocenters. The van der Waals surface area contributed by atoms with Gasteiger partial charge >= 0.3 is 7.52 Å². The molecular formula is C13H12BrClNO2P. The summed E-state index contributed by atoms with van der Waals surface area (Å²) in [6.07, 6.45) is 0. The van der Waals surface area contributed by atoms with Crippen LogP contribution in [0, 0.1) is 0 Å². The second-order valence-corrected chi connectivity index (χ2v) is 7.46. The van der Waals surface area contributed by atoms with Crippen LogP contribution in [0.15, 0.2) is 53.0 Å². The first-order valence-corrected chi connectivity index (χ1v) is 8.75. The third kappa shape index (κ3) is 4.57. The van der Waals surface area contributed by atoms with Crippen molar-refractivity contribution in [1.29, 1.82) is 0 Å². The first kappa shape index (κ1) is 14.4.